The highest BCUT2D eigenvalue weighted by molar-refractivity contribution is 6.02. The summed E-state index contributed by atoms with van der Waals surface area (Å²) in [5.74, 6) is 0.107. The summed E-state index contributed by atoms with van der Waals surface area (Å²) in [7, 11) is 0. The molecule has 1 aliphatic rings. The Balaban J connectivity index is 1.54. The minimum atomic E-state index is 0.0165. The van der Waals surface area contributed by atoms with Gasteiger partial charge in [0.05, 0.1) is 12.0 Å². The molecule has 0 fully saturated rings. The van der Waals surface area contributed by atoms with Crippen molar-refractivity contribution in [2.45, 2.75) is 19.4 Å². The molecule has 0 saturated carbocycles. The first-order valence-corrected chi connectivity index (χ1v) is 7.17. The molecule has 1 unspecified atom stereocenters. The average Bonchev–Trinajstić information content (AvgIpc) is 3.13. The number of anilines is 1. The van der Waals surface area contributed by atoms with Gasteiger partial charge in [-0.1, -0.05) is 18.2 Å². The first-order valence-electron chi connectivity index (χ1n) is 7.17. The van der Waals surface area contributed by atoms with E-state index in [1.54, 1.807) is 0 Å². The molecule has 2 aromatic heterocycles. The molecule has 3 heterocycles. The fraction of sp³-hybridized carbons (Fsp3) is 0.250. The van der Waals surface area contributed by atoms with Gasteiger partial charge in [-0.15, -0.1) is 0 Å². The number of benzene rings is 1. The smallest absolute Gasteiger partial charge is 0.228 e. The third-order valence-electron chi connectivity index (χ3n) is 4.19. The molecule has 4 rings (SSSR count). The first kappa shape index (κ1) is 12.2. The zero-order valence-electron chi connectivity index (χ0n) is 11.5. The van der Waals surface area contributed by atoms with Crippen molar-refractivity contribution in [1.82, 2.24) is 14.5 Å². The van der Waals surface area contributed by atoms with Crippen LogP contribution in [0.5, 0.6) is 0 Å². The normalized spacial score (nSPS) is 17.6. The molecule has 106 valence electrons. The Morgan fingerprint density at radius 3 is 3.24 bits per heavy atom. The second-order valence-electron chi connectivity index (χ2n) is 5.51. The highest BCUT2D eigenvalue weighted by Crippen LogP contribution is 2.25. The molecule has 0 radical (unpaired) electrons. The quantitative estimate of drug-likeness (QED) is 0.758. The van der Waals surface area contributed by atoms with Crippen LogP contribution in [-0.4, -0.2) is 20.4 Å². The number of hydrogen-bond acceptors (Lipinski definition) is 2. The lowest BCUT2D eigenvalue weighted by Crippen LogP contribution is -2.29. The standard InChI is InChI=1S/C16H16N4O/c21-16(11-5-6-20-10-17-8-12(20)7-11)19-15-9-18-14-4-2-1-3-13(14)15/h1-4,8-11,18H,5-7H2,(H,19,21). The van der Waals surface area contributed by atoms with Gasteiger partial charge < -0.3 is 14.9 Å². The Labute approximate surface area is 122 Å². The number of aryl methyl sites for hydroxylation is 1. The van der Waals surface area contributed by atoms with E-state index in [1.807, 2.05) is 43.0 Å². The molecule has 3 aromatic rings. The molecule has 5 heteroatoms. The molecule has 0 saturated heterocycles. The molecule has 1 atom stereocenters. The van der Waals surface area contributed by atoms with E-state index in [4.69, 9.17) is 0 Å². The number of hydrogen-bond donors (Lipinski definition) is 2. The van der Waals surface area contributed by atoms with Crippen LogP contribution in [0.3, 0.4) is 0 Å². The van der Waals surface area contributed by atoms with Gasteiger partial charge in [-0.25, -0.2) is 4.98 Å². The Morgan fingerprint density at radius 2 is 2.29 bits per heavy atom. The van der Waals surface area contributed by atoms with Crippen LogP contribution in [0.4, 0.5) is 5.69 Å². The molecular weight excluding hydrogens is 264 g/mol. The molecule has 21 heavy (non-hydrogen) atoms. The highest BCUT2D eigenvalue weighted by Gasteiger charge is 2.25. The van der Waals surface area contributed by atoms with Gasteiger partial charge in [0.15, 0.2) is 0 Å². The van der Waals surface area contributed by atoms with Crippen LogP contribution in [0, 0.1) is 5.92 Å². The molecule has 2 N–H and O–H groups in total. The maximum atomic E-state index is 12.5. The number of carbonyl (C=O) groups excluding carboxylic acids is 1. The third-order valence-corrected chi connectivity index (χ3v) is 4.19. The van der Waals surface area contributed by atoms with E-state index in [9.17, 15) is 4.79 Å². The number of para-hydroxylation sites is 1. The zero-order valence-corrected chi connectivity index (χ0v) is 11.5. The van der Waals surface area contributed by atoms with E-state index in [0.29, 0.717) is 0 Å². The van der Waals surface area contributed by atoms with E-state index in [1.165, 1.54) is 0 Å². The van der Waals surface area contributed by atoms with Crippen LogP contribution >= 0.6 is 0 Å². The Hall–Kier alpha value is -2.56. The van der Waals surface area contributed by atoms with Crippen LogP contribution in [0.15, 0.2) is 43.0 Å². The minimum absolute atomic E-state index is 0.0165. The van der Waals surface area contributed by atoms with E-state index in [0.717, 1.165) is 41.7 Å². The van der Waals surface area contributed by atoms with Gasteiger partial charge in [0.25, 0.3) is 0 Å². The topological polar surface area (TPSA) is 62.7 Å². The van der Waals surface area contributed by atoms with E-state index < -0.39 is 0 Å². The predicted octanol–water partition coefficient (Wildman–Crippen LogP) is 2.57. The fourth-order valence-corrected chi connectivity index (χ4v) is 3.00. The summed E-state index contributed by atoms with van der Waals surface area (Å²) in [5, 5.41) is 4.11. The highest BCUT2D eigenvalue weighted by atomic mass is 16.1. The number of aromatic amines is 1. The molecule has 0 aliphatic carbocycles. The zero-order chi connectivity index (χ0) is 14.2. The SMILES string of the molecule is O=C(Nc1c[nH]c2ccccc12)C1CCn2cncc2C1. The summed E-state index contributed by atoms with van der Waals surface area (Å²) >= 11 is 0. The van der Waals surface area contributed by atoms with E-state index in [2.05, 4.69) is 19.9 Å². The summed E-state index contributed by atoms with van der Waals surface area (Å²) in [6.07, 6.45) is 7.16. The Bertz CT molecular complexity index is 801. The Kier molecular flexibility index (Phi) is 2.77. The maximum Gasteiger partial charge on any atom is 0.228 e. The second kappa shape index (κ2) is 4.77. The average molecular weight is 280 g/mol. The number of H-pyrrole nitrogens is 1. The molecule has 0 bridgehead atoms. The van der Waals surface area contributed by atoms with Gasteiger partial charge in [0.2, 0.25) is 5.91 Å². The van der Waals surface area contributed by atoms with Crippen LogP contribution in [-0.2, 0) is 17.8 Å². The number of aromatic nitrogens is 3. The number of nitrogens with one attached hydrogen (secondary N) is 2. The van der Waals surface area contributed by atoms with Crippen LogP contribution in [0.25, 0.3) is 10.9 Å². The summed E-state index contributed by atoms with van der Waals surface area (Å²) in [6.45, 7) is 0.862. The van der Waals surface area contributed by atoms with Crippen molar-refractivity contribution >= 4 is 22.5 Å². The number of fused-ring (bicyclic) bond motifs is 2. The largest absolute Gasteiger partial charge is 0.359 e. The van der Waals surface area contributed by atoms with E-state index >= 15 is 0 Å². The van der Waals surface area contributed by atoms with Crippen LogP contribution in [0.1, 0.15) is 12.1 Å². The van der Waals surface area contributed by atoms with Crippen molar-refractivity contribution in [3.63, 3.8) is 0 Å². The van der Waals surface area contributed by atoms with Gasteiger partial charge in [0.1, 0.15) is 0 Å². The number of carbonyl (C=O) groups is 1. The lowest BCUT2D eigenvalue weighted by molar-refractivity contribution is -0.120. The van der Waals surface area contributed by atoms with Gasteiger partial charge in [-0.2, -0.15) is 0 Å². The van der Waals surface area contributed by atoms with Gasteiger partial charge in [-0.05, 0) is 12.5 Å². The summed E-state index contributed by atoms with van der Waals surface area (Å²) < 4.78 is 2.12. The fourth-order valence-electron chi connectivity index (χ4n) is 3.00. The third kappa shape index (κ3) is 2.11. The molecule has 1 amide bonds. The number of imidazole rings is 1. The van der Waals surface area contributed by atoms with Gasteiger partial charge in [-0.3, -0.25) is 4.79 Å². The monoisotopic (exact) mass is 280 g/mol. The summed E-state index contributed by atoms with van der Waals surface area (Å²) in [5.41, 5.74) is 3.03. The Morgan fingerprint density at radius 1 is 1.38 bits per heavy atom. The van der Waals surface area contributed by atoms with Crippen molar-refractivity contribution in [2.24, 2.45) is 5.92 Å². The summed E-state index contributed by atoms with van der Waals surface area (Å²) in [4.78, 5) is 19.8. The maximum absolute atomic E-state index is 12.5. The van der Waals surface area contributed by atoms with Crippen LogP contribution < -0.4 is 5.32 Å². The van der Waals surface area contributed by atoms with Crippen molar-refractivity contribution in [1.29, 1.82) is 0 Å². The van der Waals surface area contributed by atoms with Crippen molar-refractivity contribution in [3.05, 3.63) is 48.7 Å². The molecule has 1 aliphatic heterocycles. The number of rotatable bonds is 2. The van der Waals surface area contributed by atoms with Gasteiger partial charge >= 0.3 is 0 Å². The summed E-state index contributed by atoms with van der Waals surface area (Å²) in [6, 6.07) is 7.97. The lowest BCUT2D eigenvalue weighted by atomic mass is 9.95. The van der Waals surface area contributed by atoms with Crippen molar-refractivity contribution in [3.8, 4) is 0 Å². The number of nitrogens with zero attached hydrogens (tertiary/aromatic N) is 2. The van der Waals surface area contributed by atoms with Gasteiger partial charge in [0, 0.05) is 47.9 Å². The van der Waals surface area contributed by atoms with Crippen molar-refractivity contribution in [2.75, 3.05) is 5.32 Å². The first-order chi connectivity index (χ1) is 10.3. The molecular formula is C16H16N4O. The second-order valence-corrected chi connectivity index (χ2v) is 5.51. The molecule has 1 aromatic carbocycles. The lowest BCUT2D eigenvalue weighted by Gasteiger charge is -2.22. The van der Waals surface area contributed by atoms with Crippen LogP contribution in [0.2, 0.25) is 0 Å². The van der Waals surface area contributed by atoms with Crippen molar-refractivity contribution < 1.29 is 4.79 Å². The minimum Gasteiger partial charge on any atom is -0.359 e. The number of amides is 1. The predicted molar refractivity (Wildman–Crippen MR) is 81.0 cm³/mol. The molecule has 0 spiro atoms. The van der Waals surface area contributed by atoms with E-state index in [-0.39, 0.29) is 11.8 Å². The molecule has 5 nitrogen and oxygen atoms in total.